The summed E-state index contributed by atoms with van der Waals surface area (Å²) in [6, 6.07) is 0. The molecule has 6 heteroatoms. The van der Waals surface area contributed by atoms with Gasteiger partial charge >= 0.3 is 0 Å². The highest BCUT2D eigenvalue weighted by atomic mass is 16.2. The van der Waals surface area contributed by atoms with Crippen molar-refractivity contribution in [3.8, 4) is 0 Å². The number of nitrogens with two attached hydrogens (primary N) is 1. The summed E-state index contributed by atoms with van der Waals surface area (Å²) in [4.78, 5) is 24.0. The monoisotopic (exact) mass is 228 g/mol. The Kier molecular flexibility index (Phi) is 5.21. The average Bonchev–Trinajstić information content (AvgIpc) is 2.27. The molecule has 92 valence electrons. The normalized spacial score (nSPS) is 18.1. The molecule has 1 saturated heterocycles. The molecule has 2 amide bonds. The first kappa shape index (κ1) is 12.9. The van der Waals surface area contributed by atoms with E-state index in [4.69, 9.17) is 5.73 Å². The van der Waals surface area contributed by atoms with Crippen LogP contribution in [0.15, 0.2) is 0 Å². The zero-order valence-corrected chi connectivity index (χ0v) is 9.66. The Balaban J connectivity index is 2.18. The summed E-state index contributed by atoms with van der Waals surface area (Å²) in [5.74, 6) is 0.145. The van der Waals surface area contributed by atoms with Crippen molar-refractivity contribution in [1.29, 1.82) is 0 Å². The molecule has 0 atom stereocenters. The summed E-state index contributed by atoms with van der Waals surface area (Å²) in [5, 5.41) is 0. The highest BCUT2D eigenvalue weighted by Gasteiger charge is 2.19. The van der Waals surface area contributed by atoms with Crippen LogP contribution in [0.2, 0.25) is 0 Å². The van der Waals surface area contributed by atoms with Crippen LogP contribution in [0, 0.1) is 5.92 Å². The number of carbonyl (C=O) groups is 2. The minimum absolute atomic E-state index is 0.179. The van der Waals surface area contributed by atoms with E-state index in [1.807, 2.05) is 0 Å². The zero-order chi connectivity index (χ0) is 12.0. The maximum atomic E-state index is 11.4. The van der Waals surface area contributed by atoms with Crippen molar-refractivity contribution in [2.75, 3.05) is 26.2 Å². The van der Waals surface area contributed by atoms with Gasteiger partial charge in [0.1, 0.15) is 0 Å². The van der Waals surface area contributed by atoms with Crippen LogP contribution in [-0.2, 0) is 9.59 Å². The molecule has 0 bridgehead atoms. The first-order valence-electron chi connectivity index (χ1n) is 5.59. The Hall–Kier alpha value is -1.14. The van der Waals surface area contributed by atoms with E-state index in [1.165, 1.54) is 6.92 Å². The molecule has 0 radical (unpaired) electrons. The molecule has 1 heterocycles. The first-order chi connectivity index (χ1) is 7.61. The highest BCUT2D eigenvalue weighted by Crippen LogP contribution is 2.14. The van der Waals surface area contributed by atoms with Gasteiger partial charge in [-0.05, 0) is 38.4 Å². The predicted molar refractivity (Wildman–Crippen MR) is 60.2 cm³/mol. The lowest BCUT2D eigenvalue weighted by molar-refractivity contribution is -0.128. The van der Waals surface area contributed by atoms with Gasteiger partial charge in [-0.2, -0.15) is 0 Å². The molecule has 0 aromatic heterocycles. The van der Waals surface area contributed by atoms with E-state index in [1.54, 1.807) is 0 Å². The molecule has 0 spiro atoms. The van der Waals surface area contributed by atoms with Gasteiger partial charge in [-0.1, -0.05) is 0 Å². The molecule has 6 nitrogen and oxygen atoms in total. The molecule has 0 aliphatic carbocycles. The summed E-state index contributed by atoms with van der Waals surface area (Å²) >= 11 is 0. The Morgan fingerprint density at radius 2 is 1.94 bits per heavy atom. The van der Waals surface area contributed by atoms with Crippen molar-refractivity contribution in [1.82, 2.24) is 15.8 Å². The summed E-state index contributed by atoms with van der Waals surface area (Å²) in [7, 11) is 0. The number of piperidine rings is 1. The minimum atomic E-state index is -0.268. The molecule has 4 N–H and O–H groups in total. The Labute approximate surface area is 95.5 Å². The van der Waals surface area contributed by atoms with Crippen molar-refractivity contribution in [3.63, 3.8) is 0 Å². The molecule has 1 aliphatic rings. The lowest BCUT2D eigenvalue weighted by atomic mass is 9.97. The Bertz CT molecular complexity index is 249. The van der Waals surface area contributed by atoms with Gasteiger partial charge in [-0.25, -0.2) is 0 Å². The molecule has 1 rings (SSSR count). The van der Waals surface area contributed by atoms with E-state index in [0.29, 0.717) is 12.5 Å². The van der Waals surface area contributed by atoms with E-state index in [-0.39, 0.29) is 11.8 Å². The third-order valence-corrected chi connectivity index (χ3v) is 2.79. The number of nitrogens with one attached hydrogen (secondary N) is 2. The molecule has 0 saturated carbocycles. The quantitative estimate of drug-likeness (QED) is 0.531. The maximum Gasteiger partial charge on any atom is 0.252 e. The van der Waals surface area contributed by atoms with Gasteiger partial charge in [-0.3, -0.25) is 25.3 Å². The second-order valence-corrected chi connectivity index (χ2v) is 4.18. The zero-order valence-electron chi connectivity index (χ0n) is 9.66. The lowest BCUT2D eigenvalue weighted by Crippen LogP contribution is -2.47. The minimum Gasteiger partial charge on any atom is -0.330 e. The number of nitrogens with zero attached hydrogens (tertiary/aromatic N) is 1. The Morgan fingerprint density at radius 3 is 2.44 bits per heavy atom. The van der Waals surface area contributed by atoms with Crippen LogP contribution in [0.3, 0.4) is 0 Å². The van der Waals surface area contributed by atoms with Gasteiger partial charge in [0, 0.05) is 6.92 Å². The fourth-order valence-electron chi connectivity index (χ4n) is 1.78. The van der Waals surface area contributed by atoms with Gasteiger partial charge in [0.15, 0.2) is 0 Å². The number of hydrazine groups is 1. The molecule has 0 aromatic carbocycles. The molecule has 1 fully saturated rings. The van der Waals surface area contributed by atoms with Crippen LogP contribution < -0.4 is 16.6 Å². The van der Waals surface area contributed by atoms with Gasteiger partial charge in [0.25, 0.3) is 5.91 Å². The van der Waals surface area contributed by atoms with Gasteiger partial charge in [0.2, 0.25) is 5.91 Å². The van der Waals surface area contributed by atoms with Crippen molar-refractivity contribution in [2.45, 2.75) is 19.8 Å². The number of amides is 2. The smallest absolute Gasteiger partial charge is 0.252 e. The SMILES string of the molecule is CC(=O)NNC(=O)CN1CCC(CN)CC1. The molecule has 0 unspecified atom stereocenters. The van der Waals surface area contributed by atoms with Crippen LogP contribution >= 0.6 is 0 Å². The van der Waals surface area contributed by atoms with E-state index < -0.39 is 0 Å². The topological polar surface area (TPSA) is 87.5 Å². The van der Waals surface area contributed by atoms with Crippen LogP contribution in [0.25, 0.3) is 0 Å². The van der Waals surface area contributed by atoms with Crippen LogP contribution in [-0.4, -0.2) is 42.9 Å². The predicted octanol–water partition coefficient (Wildman–Crippen LogP) is -1.18. The van der Waals surface area contributed by atoms with Crippen LogP contribution in [0.4, 0.5) is 0 Å². The van der Waals surface area contributed by atoms with Crippen molar-refractivity contribution < 1.29 is 9.59 Å². The van der Waals surface area contributed by atoms with Gasteiger partial charge in [-0.15, -0.1) is 0 Å². The fraction of sp³-hybridized carbons (Fsp3) is 0.800. The highest BCUT2D eigenvalue weighted by molar-refractivity contribution is 5.81. The van der Waals surface area contributed by atoms with Crippen molar-refractivity contribution in [2.24, 2.45) is 11.7 Å². The first-order valence-corrected chi connectivity index (χ1v) is 5.59. The second kappa shape index (κ2) is 6.44. The van der Waals surface area contributed by atoms with Crippen LogP contribution in [0.1, 0.15) is 19.8 Å². The number of rotatable bonds is 3. The van der Waals surface area contributed by atoms with Gasteiger partial charge < -0.3 is 5.73 Å². The van der Waals surface area contributed by atoms with E-state index in [9.17, 15) is 9.59 Å². The van der Waals surface area contributed by atoms with E-state index in [0.717, 1.165) is 32.5 Å². The van der Waals surface area contributed by atoms with Gasteiger partial charge in [0.05, 0.1) is 6.54 Å². The number of hydrogen-bond acceptors (Lipinski definition) is 4. The number of likely N-dealkylation sites (tertiary alicyclic amines) is 1. The summed E-state index contributed by atoms with van der Waals surface area (Å²) in [6.45, 7) is 4.21. The molecule has 1 aliphatic heterocycles. The van der Waals surface area contributed by atoms with E-state index >= 15 is 0 Å². The summed E-state index contributed by atoms with van der Waals surface area (Å²) < 4.78 is 0. The Morgan fingerprint density at radius 1 is 1.31 bits per heavy atom. The third-order valence-electron chi connectivity index (χ3n) is 2.79. The summed E-state index contributed by atoms with van der Waals surface area (Å²) in [6.07, 6.45) is 2.09. The second-order valence-electron chi connectivity index (χ2n) is 4.18. The third kappa shape index (κ3) is 4.59. The fourth-order valence-corrected chi connectivity index (χ4v) is 1.78. The standard InChI is InChI=1S/C10H20N4O2/c1-8(15)12-13-10(16)7-14-4-2-9(6-11)3-5-14/h9H,2-7,11H2,1H3,(H,12,15)(H,13,16). The molecule has 16 heavy (non-hydrogen) atoms. The van der Waals surface area contributed by atoms with E-state index in [2.05, 4.69) is 15.8 Å². The van der Waals surface area contributed by atoms with Crippen molar-refractivity contribution >= 4 is 11.8 Å². The maximum absolute atomic E-state index is 11.4. The number of carbonyl (C=O) groups excluding carboxylic acids is 2. The summed E-state index contributed by atoms with van der Waals surface area (Å²) in [5.41, 5.74) is 10.2. The molecular formula is C10H20N4O2. The molecular weight excluding hydrogens is 208 g/mol. The largest absolute Gasteiger partial charge is 0.330 e. The van der Waals surface area contributed by atoms with Crippen LogP contribution in [0.5, 0.6) is 0 Å². The average molecular weight is 228 g/mol. The number of hydrogen-bond donors (Lipinski definition) is 3. The lowest BCUT2D eigenvalue weighted by Gasteiger charge is -2.30. The molecule has 0 aromatic rings. The van der Waals surface area contributed by atoms with Crippen molar-refractivity contribution in [3.05, 3.63) is 0 Å².